The van der Waals surface area contributed by atoms with Crippen molar-refractivity contribution < 1.29 is 4.79 Å². The summed E-state index contributed by atoms with van der Waals surface area (Å²) in [6, 6.07) is 16.8. The maximum Gasteiger partial charge on any atom is 0.223 e. The summed E-state index contributed by atoms with van der Waals surface area (Å²) < 4.78 is 0. The lowest BCUT2D eigenvalue weighted by Crippen LogP contribution is -2.26. The Morgan fingerprint density at radius 1 is 0.955 bits per heavy atom. The van der Waals surface area contributed by atoms with E-state index in [1.54, 1.807) is 16.7 Å². The molecule has 2 rings (SSSR count). The number of thioether (sulfide) groups is 1. The average Bonchev–Trinajstić information content (AvgIpc) is 2.51. The number of carbonyl (C=O) groups excluding carboxylic acids is 1. The van der Waals surface area contributed by atoms with Gasteiger partial charge in [0.15, 0.2) is 0 Å². The van der Waals surface area contributed by atoms with Gasteiger partial charge in [-0.2, -0.15) is 0 Å². The summed E-state index contributed by atoms with van der Waals surface area (Å²) in [7, 11) is 1.87. The van der Waals surface area contributed by atoms with Crippen LogP contribution in [0.3, 0.4) is 0 Å². The maximum absolute atomic E-state index is 12.2. The fraction of sp³-hybridized carbons (Fsp3) is 0.316. The van der Waals surface area contributed by atoms with E-state index in [1.807, 2.05) is 7.05 Å². The lowest BCUT2D eigenvalue weighted by Gasteiger charge is -2.17. The molecule has 2 nitrogen and oxygen atoms in total. The molecule has 0 radical (unpaired) electrons. The topological polar surface area (TPSA) is 20.3 Å². The van der Waals surface area contributed by atoms with Crippen LogP contribution >= 0.6 is 11.8 Å². The molecule has 0 heterocycles. The number of benzene rings is 2. The van der Waals surface area contributed by atoms with Crippen LogP contribution in [0.2, 0.25) is 0 Å². The average molecular weight is 313 g/mol. The minimum Gasteiger partial charge on any atom is -0.341 e. The molecule has 1 amide bonds. The second kappa shape index (κ2) is 8.04. The van der Waals surface area contributed by atoms with Crippen molar-refractivity contribution in [1.82, 2.24) is 4.90 Å². The van der Waals surface area contributed by atoms with Crippen LogP contribution in [-0.4, -0.2) is 23.6 Å². The van der Waals surface area contributed by atoms with Gasteiger partial charge in [-0.15, -0.1) is 11.8 Å². The van der Waals surface area contributed by atoms with Crippen LogP contribution in [0.1, 0.15) is 23.1 Å². The molecule has 0 saturated heterocycles. The van der Waals surface area contributed by atoms with E-state index in [2.05, 4.69) is 62.4 Å². The highest BCUT2D eigenvalue weighted by Crippen LogP contribution is 2.19. The monoisotopic (exact) mass is 313 g/mol. The largest absolute Gasteiger partial charge is 0.341 e. The molecular formula is C19H23NOS. The summed E-state index contributed by atoms with van der Waals surface area (Å²) in [6.07, 6.45) is 0.570. The molecule has 2 aromatic rings. The van der Waals surface area contributed by atoms with Crippen LogP contribution < -0.4 is 0 Å². The molecule has 0 unspecified atom stereocenters. The molecule has 22 heavy (non-hydrogen) atoms. The van der Waals surface area contributed by atoms with Gasteiger partial charge in [-0.1, -0.05) is 47.5 Å². The fourth-order valence-electron chi connectivity index (χ4n) is 2.14. The number of nitrogens with zero attached hydrogens (tertiary/aromatic N) is 1. The third kappa shape index (κ3) is 5.23. The molecule has 0 aromatic heterocycles. The molecule has 0 spiro atoms. The lowest BCUT2D eigenvalue weighted by molar-refractivity contribution is -0.129. The summed E-state index contributed by atoms with van der Waals surface area (Å²) in [6.45, 7) is 4.83. The fourth-order valence-corrected chi connectivity index (χ4v) is 2.98. The Bertz CT molecular complexity index is 604. The highest BCUT2D eigenvalue weighted by atomic mass is 32.2. The van der Waals surface area contributed by atoms with Gasteiger partial charge >= 0.3 is 0 Å². The Morgan fingerprint density at radius 3 is 2.09 bits per heavy atom. The number of aryl methyl sites for hydroxylation is 2. The molecule has 0 atom stereocenters. The van der Waals surface area contributed by atoms with Gasteiger partial charge in [0.05, 0.1) is 0 Å². The van der Waals surface area contributed by atoms with Crippen molar-refractivity contribution in [3.63, 3.8) is 0 Å². The van der Waals surface area contributed by atoms with Crippen LogP contribution in [0.5, 0.6) is 0 Å². The molecule has 0 aliphatic carbocycles. The maximum atomic E-state index is 12.2. The van der Waals surface area contributed by atoms with E-state index >= 15 is 0 Å². The van der Waals surface area contributed by atoms with E-state index in [1.165, 1.54) is 21.6 Å². The predicted molar refractivity (Wildman–Crippen MR) is 94.2 cm³/mol. The van der Waals surface area contributed by atoms with E-state index in [0.29, 0.717) is 13.0 Å². The summed E-state index contributed by atoms with van der Waals surface area (Å²) >= 11 is 1.74. The van der Waals surface area contributed by atoms with Crippen molar-refractivity contribution in [2.45, 2.75) is 31.7 Å². The van der Waals surface area contributed by atoms with Gasteiger partial charge in [-0.05, 0) is 31.5 Å². The first kappa shape index (κ1) is 16.6. The minimum absolute atomic E-state index is 0.195. The van der Waals surface area contributed by atoms with E-state index < -0.39 is 0 Å². The van der Waals surface area contributed by atoms with Gasteiger partial charge in [0.25, 0.3) is 0 Å². The molecule has 3 heteroatoms. The quantitative estimate of drug-likeness (QED) is 0.735. The molecule has 0 saturated carbocycles. The molecule has 2 aromatic carbocycles. The van der Waals surface area contributed by atoms with Crippen LogP contribution in [0.4, 0.5) is 0 Å². The smallest absolute Gasteiger partial charge is 0.223 e. The number of hydrogen-bond donors (Lipinski definition) is 0. The lowest BCUT2D eigenvalue weighted by atomic mass is 10.1. The third-order valence-electron chi connectivity index (χ3n) is 3.57. The second-order valence-corrected chi connectivity index (χ2v) is 6.82. The van der Waals surface area contributed by atoms with Crippen molar-refractivity contribution in [3.05, 3.63) is 65.2 Å². The molecule has 0 aliphatic heterocycles. The number of amides is 1. The first-order valence-corrected chi connectivity index (χ1v) is 8.52. The minimum atomic E-state index is 0.195. The zero-order valence-electron chi connectivity index (χ0n) is 13.5. The molecule has 0 fully saturated rings. The van der Waals surface area contributed by atoms with Gasteiger partial charge in [-0.3, -0.25) is 4.79 Å². The van der Waals surface area contributed by atoms with Crippen molar-refractivity contribution >= 4 is 17.7 Å². The Balaban J connectivity index is 1.76. The second-order valence-electron chi connectivity index (χ2n) is 5.65. The van der Waals surface area contributed by atoms with Crippen LogP contribution in [-0.2, 0) is 11.3 Å². The van der Waals surface area contributed by atoms with E-state index in [9.17, 15) is 4.79 Å². The van der Waals surface area contributed by atoms with Crippen molar-refractivity contribution in [2.75, 3.05) is 12.8 Å². The zero-order chi connectivity index (χ0) is 15.9. The summed E-state index contributed by atoms with van der Waals surface area (Å²) in [5, 5.41) is 0. The normalized spacial score (nSPS) is 10.5. The number of hydrogen-bond acceptors (Lipinski definition) is 2. The molecule has 0 aliphatic rings. The van der Waals surface area contributed by atoms with Crippen molar-refractivity contribution in [3.8, 4) is 0 Å². The van der Waals surface area contributed by atoms with Crippen LogP contribution in [0.25, 0.3) is 0 Å². The Hall–Kier alpha value is -1.74. The van der Waals surface area contributed by atoms with Crippen LogP contribution in [0, 0.1) is 13.8 Å². The van der Waals surface area contributed by atoms with Gasteiger partial charge < -0.3 is 4.90 Å². The predicted octanol–water partition coefficient (Wildman–Crippen LogP) is 4.44. The highest BCUT2D eigenvalue weighted by Gasteiger charge is 2.09. The third-order valence-corrected chi connectivity index (χ3v) is 4.59. The van der Waals surface area contributed by atoms with Gasteiger partial charge in [0.1, 0.15) is 0 Å². The van der Waals surface area contributed by atoms with Crippen molar-refractivity contribution in [2.24, 2.45) is 0 Å². The van der Waals surface area contributed by atoms with Gasteiger partial charge in [0.2, 0.25) is 5.91 Å². The van der Waals surface area contributed by atoms with Crippen molar-refractivity contribution in [1.29, 1.82) is 0 Å². The Labute approximate surface area is 137 Å². The molecular weight excluding hydrogens is 290 g/mol. The highest BCUT2D eigenvalue weighted by molar-refractivity contribution is 7.99. The first-order chi connectivity index (χ1) is 10.5. The van der Waals surface area contributed by atoms with E-state index in [4.69, 9.17) is 0 Å². The summed E-state index contributed by atoms with van der Waals surface area (Å²) in [5.41, 5.74) is 3.68. The Morgan fingerprint density at radius 2 is 1.50 bits per heavy atom. The molecule has 0 bridgehead atoms. The van der Waals surface area contributed by atoms with E-state index in [-0.39, 0.29) is 5.91 Å². The van der Waals surface area contributed by atoms with Gasteiger partial charge in [-0.25, -0.2) is 0 Å². The van der Waals surface area contributed by atoms with E-state index in [0.717, 1.165) is 5.75 Å². The molecule has 0 N–H and O–H groups in total. The first-order valence-electron chi connectivity index (χ1n) is 7.53. The summed E-state index contributed by atoms with van der Waals surface area (Å²) in [5.74, 6) is 1.01. The summed E-state index contributed by atoms with van der Waals surface area (Å²) in [4.78, 5) is 15.2. The standard InChI is InChI=1S/C19H23NOS/c1-15-4-8-17(9-5-15)14-20(3)19(21)12-13-22-18-10-6-16(2)7-11-18/h4-11H,12-14H2,1-3H3. The number of carbonyl (C=O) groups is 1. The van der Waals surface area contributed by atoms with Crippen LogP contribution in [0.15, 0.2) is 53.4 Å². The zero-order valence-corrected chi connectivity index (χ0v) is 14.3. The number of rotatable bonds is 6. The molecule has 116 valence electrons. The SMILES string of the molecule is Cc1ccc(CN(C)C(=O)CCSc2ccc(C)cc2)cc1. The Kier molecular flexibility index (Phi) is 6.08. The van der Waals surface area contributed by atoms with Gasteiger partial charge in [0, 0.05) is 30.7 Å².